The molecule has 0 aliphatic carbocycles. The Balaban J connectivity index is 1.71. The highest BCUT2D eigenvalue weighted by Gasteiger charge is 2.03. The fraction of sp³-hybridized carbons (Fsp3) is 0. The van der Waals surface area contributed by atoms with E-state index in [1.807, 2.05) is 53.9 Å². The van der Waals surface area contributed by atoms with Gasteiger partial charge in [0.25, 0.3) is 0 Å². The van der Waals surface area contributed by atoms with Crippen LogP contribution in [0.15, 0.2) is 65.1 Å². The van der Waals surface area contributed by atoms with Gasteiger partial charge in [-0.25, -0.2) is 4.98 Å². The topological polar surface area (TPSA) is 54.4 Å². The van der Waals surface area contributed by atoms with Crippen LogP contribution in [0.4, 0.5) is 5.13 Å². The van der Waals surface area contributed by atoms with Gasteiger partial charge in [-0.2, -0.15) is 5.10 Å². The summed E-state index contributed by atoms with van der Waals surface area (Å²) in [5.74, 6) is 0. The fourth-order valence-corrected chi connectivity index (χ4v) is 2.63. The first-order valence-electron chi connectivity index (χ1n) is 6.71. The summed E-state index contributed by atoms with van der Waals surface area (Å²) >= 11 is 1.48. The van der Waals surface area contributed by atoms with Gasteiger partial charge in [0.2, 0.25) is 5.13 Å². The minimum atomic E-state index is 0.608. The van der Waals surface area contributed by atoms with Crippen molar-refractivity contribution in [1.82, 2.24) is 4.98 Å². The molecule has 1 aromatic heterocycles. The van der Waals surface area contributed by atoms with Crippen molar-refractivity contribution >= 4 is 29.0 Å². The highest BCUT2D eigenvalue weighted by Crippen LogP contribution is 2.24. The Labute approximate surface area is 132 Å². The second-order valence-electron chi connectivity index (χ2n) is 4.52. The number of rotatable bonds is 5. The predicted molar refractivity (Wildman–Crippen MR) is 90.6 cm³/mol. The molecule has 108 valence electrons. The van der Waals surface area contributed by atoms with E-state index in [2.05, 4.69) is 15.5 Å². The maximum atomic E-state index is 10.9. The minimum absolute atomic E-state index is 0.608. The van der Waals surface area contributed by atoms with E-state index in [0.29, 0.717) is 10.7 Å². The van der Waals surface area contributed by atoms with Crippen LogP contribution >= 0.6 is 11.3 Å². The summed E-state index contributed by atoms with van der Waals surface area (Å²) in [6.45, 7) is 0. The molecule has 0 saturated heterocycles. The van der Waals surface area contributed by atoms with Crippen LogP contribution in [0, 0.1) is 0 Å². The molecule has 0 spiro atoms. The van der Waals surface area contributed by atoms with Crippen molar-refractivity contribution in [1.29, 1.82) is 0 Å². The highest BCUT2D eigenvalue weighted by atomic mass is 32.1. The Bertz CT molecular complexity index is 796. The number of hydrogen-bond donors (Lipinski definition) is 1. The van der Waals surface area contributed by atoms with E-state index >= 15 is 0 Å². The number of nitrogens with one attached hydrogen (secondary N) is 1. The van der Waals surface area contributed by atoms with Crippen molar-refractivity contribution < 1.29 is 4.79 Å². The zero-order valence-corrected chi connectivity index (χ0v) is 12.5. The van der Waals surface area contributed by atoms with Gasteiger partial charge in [0, 0.05) is 22.1 Å². The third-order valence-corrected chi connectivity index (χ3v) is 3.81. The lowest BCUT2D eigenvalue weighted by molar-refractivity contribution is 0.112. The first kappa shape index (κ1) is 14.2. The first-order chi connectivity index (χ1) is 10.9. The molecule has 3 aromatic rings. The first-order valence-corrected chi connectivity index (χ1v) is 7.59. The summed E-state index contributed by atoms with van der Waals surface area (Å²) in [4.78, 5) is 15.4. The van der Waals surface area contributed by atoms with E-state index in [1.165, 1.54) is 11.3 Å². The number of hydrogen-bond acceptors (Lipinski definition) is 5. The van der Waals surface area contributed by atoms with Crippen LogP contribution < -0.4 is 5.43 Å². The van der Waals surface area contributed by atoms with Crippen molar-refractivity contribution in [3.05, 3.63) is 71.1 Å². The zero-order chi connectivity index (χ0) is 15.2. The molecular weight excluding hydrogens is 294 g/mol. The number of anilines is 1. The summed E-state index contributed by atoms with van der Waals surface area (Å²) < 4.78 is 0. The molecule has 0 aliphatic heterocycles. The van der Waals surface area contributed by atoms with Gasteiger partial charge in [0.05, 0.1) is 11.9 Å². The molecule has 0 saturated carbocycles. The van der Waals surface area contributed by atoms with E-state index in [9.17, 15) is 4.79 Å². The van der Waals surface area contributed by atoms with Crippen molar-refractivity contribution in [2.75, 3.05) is 5.43 Å². The third-order valence-electron chi connectivity index (χ3n) is 3.06. The molecule has 3 rings (SSSR count). The standard InChI is InChI=1S/C17H13N3OS/c21-11-15-9-5-4-8-14(15)10-18-20-17-19-16(12-22-17)13-6-2-1-3-7-13/h1-12H,(H,19,20)/b18-10+. The van der Waals surface area contributed by atoms with Gasteiger partial charge >= 0.3 is 0 Å². The average Bonchev–Trinajstić information content (AvgIpc) is 3.05. The predicted octanol–water partition coefficient (Wildman–Crippen LogP) is 4.07. The van der Waals surface area contributed by atoms with Crippen LogP contribution in [0.2, 0.25) is 0 Å². The van der Waals surface area contributed by atoms with Gasteiger partial charge in [0.15, 0.2) is 6.29 Å². The number of aromatic nitrogens is 1. The van der Waals surface area contributed by atoms with E-state index < -0.39 is 0 Å². The van der Waals surface area contributed by atoms with Crippen molar-refractivity contribution in [2.24, 2.45) is 5.10 Å². The summed E-state index contributed by atoms with van der Waals surface area (Å²) in [5, 5.41) is 6.83. The normalized spacial score (nSPS) is 10.7. The van der Waals surface area contributed by atoms with Gasteiger partial charge in [-0.3, -0.25) is 10.2 Å². The lowest BCUT2D eigenvalue weighted by Crippen LogP contribution is -1.94. The number of benzene rings is 2. The lowest BCUT2D eigenvalue weighted by Gasteiger charge is -1.97. The summed E-state index contributed by atoms with van der Waals surface area (Å²) in [6.07, 6.45) is 2.44. The van der Waals surface area contributed by atoms with Gasteiger partial charge < -0.3 is 0 Å². The Kier molecular flexibility index (Phi) is 4.36. The summed E-state index contributed by atoms with van der Waals surface area (Å²) in [6, 6.07) is 17.3. The largest absolute Gasteiger partial charge is 0.298 e. The van der Waals surface area contributed by atoms with Gasteiger partial charge in [0.1, 0.15) is 0 Å². The highest BCUT2D eigenvalue weighted by molar-refractivity contribution is 7.14. The van der Waals surface area contributed by atoms with Crippen molar-refractivity contribution in [3.8, 4) is 11.3 Å². The molecule has 0 fully saturated rings. The number of carbonyl (C=O) groups is 1. The summed E-state index contributed by atoms with van der Waals surface area (Å²) in [5.41, 5.74) is 6.26. The molecular formula is C17H13N3OS. The maximum Gasteiger partial charge on any atom is 0.203 e. The zero-order valence-electron chi connectivity index (χ0n) is 11.6. The van der Waals surface area contributed by atoms with E-state index in [-0.39, 0.29) is 0 Å². The van der Waals surface area contributed by atoms with Crippen molar-refractivity contribution in [3.63, 3.8) is 0 Å². The van der Waals surface area contributed by atoms with Crippen molar-refractivity contribution in [2.45, 2.75) is 0 Å². The van der Waals surface area contributed by atoms with Crippen LogP contribution in [0.3, 0.4) is 0 Å². The number of nitrogens with zero attached hydrogens (tertiary/aromatic N) is 2. The second kappa shape index (κ2) is 6.78. The molecule has 0 radical (unpaired) electrons. The summed E-state index contributed by atoms with van der Waals surface area (Å²) in [7, 11) is 0. The molecule has 0 bridgehead atoms. The monoisotopic (exact) mass is 307 g/mol. The maximum absolute atomic E-state index is 10.9. The van der Waals surface area contributed by atoms with Crippen LogP contribution in [0.25, 0.3) is 11.3 Å². The molecule has 22 heavy (non-hydrogen) atoms. The molecule has 0 amide bonds. The Hall–Kier alpha value is -2.79. The molecule has 2 aromatic carbocycles. The molecule has 5 heteroatoms. The molecule has 1 heterocycles. The van der Waals surface area contributed by atoms with E-state index in [0.717, 1.165) is 23.1 Å². The number of aldehydes is 1. The Morgan fingerprint density at radius 3 is 2.50 bits per heavy atom. The van der Waals surface area contributed by atoms with Crippen LogP contribution in [-0.2, 0) is 0 Å². The Morgan fingerprint density at radius 2 is 1.73 bits per heavy atom. The second-order valence-corrected chi connectivity index (χ2v) is 5.38. The minimum Gasteiger partial charge on any atom is -0.298 e. The SMILES string of the molecule is O=Cc1ccccc1/C=N/Nc1nc(-c2ccccc2)cs1. The Morgan fingerprint density at radius 1 is 1.00 bits per heavy atom. The molecule has 4 nitrogen and oxygen atoms in total. The van der Waals surface area contributed by atoms with Crippen LogP contribution in [0.1, 0.15) is 15.9 Å². The fourth-order valence-electron chi connectivity index (χ4n) is 1.96. The van der Waals surface area contributed by atoms with Gasteiger partial charge in [-0.05, 0) is 0 Å². The quantitative estimate of drug-likeness (QED) is 0.439. The lowest BCUT2D eigenvalue weighted by atomic mass is 10.1. The molecule has 1 N–H and O–H groups in total. The van der Waals surface area contributed by atoms with Gasteiger partial charge in [-0.15, -0.1) is 11.3 Å². The molecule has 0 aliphatic rings. The smallest absolute Gasteiger partial charge is 0.203 e. The molecule has 0 unspecified atom stereocenters. The van der Waals surface area contributed by atoms with Crippen LogP contribution in [-0.4, -0.2) is 17.5 Å². The third kappa shape index (κ3) is 3.27. The number of carbonyl (C=O) groups excluding carboxylic acids is 1. The average molecular weight is 307 g/mol. The van der Waals surface area contributed by atoms with E-state index in [4.69, 9.17) is 0 Å². The number of hydrazone groups is 1. The van der Waals surface area contributed by atoms with E-state index in [1.54, 1.807) is 12.3 Å². The van der Waals surface area contributed by atoms with Gasteiger partial charge in [-0.1, -0.05) is 54.6 Å². The van der Waals surface area contributed by atoms with Crippen LogP contribution in [0.5, 0.6) is 0 Å². The molecule has 0 atom stereocenters. The number of thiazole rings is 1.